The number of sulfonamides is 1. The van der Waals surface area contributed by atoms with E-state index in [2.05, 4.69) is 10.0 Å². The van der Waals surface area contributed by atoms with Gasteiger partial charge in [0, 0.05) is 23.2 Å². The van der Waals surface area contributed by atoms with Gasteiger partial charge >= 0.3 is 0 Å². The first-order chi connectivity index (χ1) is 9.37. The van der Waals surface area contributed by atoms with Crippen molar-refractivity contribution in [3.8, 4) is 0 Å². The number of carbonyl (C=O) groups excluding carboxylic acids is 1. The van der Waals surface area contributed by atoms with Gasteiger partial charge in [-0.15, -0.1) is 11.3 Å². The number of anilines is 2. The van der Waals surface area contributed by atoms with Gasteiger partial charge in [-0.3, -0.25) is 9.52 Å². The summed E-state index contributed by atoms with van der Waals surface area (Å²) in [5.74, 6) is -0.174. The summed E-state index contributed by atoms with van der Waals surface area (Å²) in [4.78, 5) is 11.8. The highest BCUT2D eigenvalue weighted by Crippen LogP contribution is 2.24. The van der Waals surface area contributed by atoms with Gasteiger partial charge in [-0.05, 0) is 43.3 Å². The fraction of sp³-hybridized carbons (Fsp3) is 0.154. The van der Waals surface area contributed by atoms with E-state index in [9.17, 15) is 13.2 Å². The highest BCUT2D eigenvalue weighted by Gasteiger charge is 2.16. The van der Waals surface area contributed by atoms with Crippen LogP contribution in [0.2, 0.25) is 0 Å². The van der Waals surface area contributed by atoms with Gasteiger partial charge in [0.15, 0.2) is 0 Å². The zero-order valence-corrected chi connectivity index (χ0v) is 12.6. The van der Waals surface area contributed by atoms with Gasteiger partial charge in [0.25, 0.3) is 10.0 Å². The molecule has 0 bridgehead atoms. The topological polar surface area (TPSA) is 75.3 Å². The van der Waals surface area contributed by atoms with Crippen LogP contribution >= 0.6 is 11.3 Å². The second kappa shape index (κ2) is 5.64. The smallest absolute Gasteiger partial charge is 0.271 e. The minimum absolute atomic E-state index is 0.174. The lowest BCUT2D eigenvalue weighted by atomic mass is 10.3. The number of amides is 1. The second-order valence-electron chi connectivity index (χ2n) is 4.23. The molecule has 2 rings (SSSR count). The van der Waals surface area contributed by atoms with Gasteiger partial charge in [0.2, 0.25) is 5.91 Å². The van der Waals surface area contributed by atoms with Crippen molar-refractivity contribution in [3.63, 3.8) is 0 Å². The highest BCUT2D eigenvalue weighted by atomic mass is 32.2. The number of aryl methyl sites for hydroxylation is 1. The standard InChI is InChI=1S/C13H14N2O3S2/c1-9-3-8-13(19-9)20(17,18)15-12-6-4-11(5-7-12)14-10(2)16/h3-8,15H,1-2H3,(H,14,16). The Hall–Kier alpha value is -1.86. The summed E-state index contributed by atoms with van der Waals surface area (Å²) in [6.07, 6.45) is 0. The minimum atomic E-state index is -3.55. The molecule has 0 fully saturated rings. The van der Waals surface area contributed by atoms with Crippen molar-refractivity contribution >= 4 is 38.6 Å². The summed E-state index contributed by atoms with van der Waals surface area (Å²) < 4.78 is 27.0. The Kier molecular flexibility index (Phi) is 4.10. The minimum Gasteiger partial charge on any atom is -0.326 e. The van der Waals surface area contributed by atoms with Gasteiger partial charge in [-0.1, -0.05) is 0 Å². The summed E-state index contributed by atoms with van der Waals surface area (Å²) in [6.45, 7) is 3.27. The van der Waals surface area contributed by atoms with Crippen molar-refractivity contribution in [3.05, 3.63) is 41.3 Å². The van der Waals surface area contributed by atoms with Crippen LogP contribution in [0, 0.1) is 6.92 Å². The first-order valence-electron chi connectivity index (χ1n) is 5.84. The molecule has 0 spiro atoms. The first kappa shape index (κ1) is 14.5. The maximum Gasteiger partial charge on any atom is 0.271 e. The predicted octanol–water partition coefficient (Wildman–Crippen LogP) is 2.82. The molecular formula is C13H14N2O3S2. The average Bonchev–Trinajstić information content (AvgIpc) is 2.78. The normalized spacial score (nSPS) is 11.1. The maximum atomic E-state index is 12.1. The van der Waals surface area contributed by atoms with Crippen molar-refractivity contribution in [2.24, 2.45) is 0 Å². The number of rotatable bonds is 4. The molecule has 1 heterocycles. The number of hydrogen-bond donors (Lipinski definition) is 2. The number of thiophene rings is 1. The van der Waals surface area contributed by atoms with E-state index >= 15 is 0 Å². The summed E-state index contributed by atoms with van der Waals surface area (Å²) in [5, 5.41) is 2.62. The SMILES string of the molecule is CC(=O)Nc1ccc(NS(=O)(=O)c2ccc(C)s2)cc1. The zero-order valence-electron chi connectivity index (χ0n) is 11.0. The zero-order chi connectivity index (χ0) is 14.8. The van der Waals surface area contributed by atoms with E-state index in [4.69, 9.17) is 0 Å². The molecule has 0 unspecified atom stereocenters. The molecule has 0 saturated carbocycles. The van der Waals surface area contributed by atoms with Crippen LogP contribution in [-0.4, -0.2) is 14.3 Å². The van der Waals surface area contributed by atoms with E-state index in [0.29, 0.717) is 11.4 Å². The third-order valence-corrected chi connectivity index (χ3v) is 5.31. The largest absolute Gasteiger partial charge is 0.326 e. The van der Waals surface area contributed by atoms with E-state index in [1.165, 1.54) is 18.3 Å². The molecule has 1 aromatic carbocycles. The molecule has 0 aliphatic carbocycles. The Morgan fingerprint density at radius 2 is 1.65 bits per heavy atom. The average molecular weight is 310 g/mol. The van der Waals surface area contributed by atoms with Crippen LogP contribution in [-0.2, 0) is 14.8 Å². The Bertz CT molecular complexity index is 718. The van der Waals surface area contributed by atoms with Crippen LogP contribution < -0.4 is 10.0 Å². The summed E-state index contributed by atoms with van der Waals surface area (Å²) in [5.41, 5.74) is 1.07. The van der Waals surface area contributed by atoms with Crippen molar-refractivity contribution in [1.82, 2.24) is 0 Å². The monoisotopic (exact) mass is 310 g/mol. The lowest BCUT2D eigenvalue weighted by molar-refractivity contribution is -0.114. The quantitative estimate of drug-likeness (QED) is 0.912. The molecule has 106 valence electrons. The Morgan fingerprint density at radius 3 is 2.15 bits per heavy atom. The maximum absolute atomic E-state index is 12.1. The van der Waals surface area contributed by atoms with Crippen LogP contribution in [0.1, 0.15) is 11.8 Å². The Labute approximate surface area is 121 Å². The molecule has 0 aliphatic heterocycles. The predicted molar refractivity (Wildman–Crippen MR) is 80.6 cm³/mol. The Balaban J connectivity index is 2.15. The number of hydrogen-bond acceptors (Lipinski definition) is 4. The molecule has 2 aromatic rings. The van der Waals surface area contributed by atoms with Gasteiger partial charge in [0.1, 0.15) is 4.21 Å². The van der Waals surface area contributed by atoms with E-state index < -0.39 is 10.0 Å². The van der Waals surface area contributed by atoms with Gasteiger partial charge in [-0.2, -0.15) is 0 Å². The lowest BCUT2D eigenvalue weighted by Crippen LogP contribution is -2.11. The molecule has 7 heteroatoms. The van der Waals surface area contributed by atoms with E-state index in [-0.39, 0.29) is 10.1 Å². The molecule has 20 heavy (non-hydrogen) atoms. The fourth-order valence-electron chi connectivity index (χ4n) is 1.59. The highest BCUT2D eigenvalue weighted by molar-refractivity contribution is 7.94. The van der Waals surface area contributed by atoms with Crippen LogP contribution in [0.5, 0.6) is 0 Å². The number of carbonyl (C=O) groups is 1. The number of nitrogens with one attached hydrogen (secondary N) is 2. The summed E-state index contributed by atoms with van der Waals surface area (Å²) in [6, 6.07) is 9.82. The molecule has 0 radical (unpaired) electrons. The molecule has 0 aliphatic rings. The first-order valence-corrected chi connectivity index (χ1v) is 8.14. The fourth-order valence-corrected chi connectivity index (χ4v) is 3.93. The van der Waals surface area contributed by atoms with Crippen LogP contribution in [0.15, 0.2) is 40.6 Å². The molecule has 1 amide bonds. The number of benzene rings is 1. The Morgan fingerprint density at radius 1 is 1.05 bits per heavy atom. The van der Waals surface area contributed by atoms with Crippen molar-refractivity contribution in [2.45, 2.75) is 18.1 Å². The van der Waals surface area contributed by atoms with Gasteiger partial charge < -0.3 is 5.32 Å². The molecule has 1 aromatic heterocycles. The molecule has 5 nitrogen and oxygen atoms in total. The van der Waals surface area contributed by atoms with Crippen molar-refractivity contribution < 1.29 is 13.2 Å². The van der Waals surface area contributed by atoms with E-state index in [0.717, 1.165) is 4.88 Å². The summed E-state index contributed by atoms with van der Waals surface area (Å²) >= 11 is 1.22. The van der Waals surface area contributed by atoms with Gasteiger partial charge in [0.05, 0.1) is 0 Å². The molecule has 2 N–H and O–H groups in total. The lowest BCUT2D eigenvalue weighted by Gasteiger charge is -2.07. The van der Waals surface area contributed by atoms with Crippen molar-refractivity contribution in [1.29, 1.82) is 0 Å². The van der Waals surface area contributed by atoms with Crippen LogP contribution in [0.25, 0.3) is 0 Å². The molecule has 0 atom stereocenters. The summed E-state index contributed by atoms with van der Waals surface area (Å²) in [7, 11) is -3.55. The van der Waals surface area contributed by atoms with Crippen molar-refractivity contribution in [2.75, 3.05) is 10.0 Å². The van der Waals surface area contributed by atoms with Gasteiger partial charge in [-0.25, -0.2) is 8.42 Å². The van der Waals surface area contributed by atoms with E-state index in [1.54, 1.807) is 36.4 Å². The molecule has 0 saturated heterocycles. The third-order valence-electron chi connectivity index (χ3n) is 2.44. The van der Waals surface area contributed by atoms with E-state index in [1.807, 2.05) is 6.92 Å². The third kappa shape index (κ3) is 3.58. The van der Waals surface area contributed by atoms with Crippen LogP contribution in [0.4, 0.5) is 11.4 Å². The molecular weight excluding hydrogens is 296 g/mol. The van der Waals surface area contributed by atoms with Crippen LogP contribution in [0.3, 0.4) is 0 Å². The second-order valence-corrected chi connectivity index (χ2v) is 7.43.